The van der Waals surface area contributed by atoms with Crippen LogP contribution >= 0.6 is 0 Å². The van der Waals surface area contributed by atoms with Crippen molar-refractivity contribution in [1.29, 1.82) is 0 Å². The zero-order chi connectivity index (χ0) is 19.6. The van der Waals surface area contributed by atoms with Crippen LogP contribution in [0, 0.1) is 13.8 Å². The molecule has 10 heteroatoms. The number of H-pyrrole nitrogens is 1. The van der Waals surface area contributed by atoms with Crippen LogP contribution < -0.4 is 5.32 Å². The Morgan fingerprint density at radius 1 is 1.26 bits per heavy atom. The van der Waals surface area contributed by atoms with Gasteiger partial charge >= 0.3 is 6.18 Å². The predicted octanol–water partition coefficient (Wildman–Crippen LogP) is 2.48. The van der Waals surface area contributed by atoms with Crippen molar-refractivity contribution < 1.29 is 18.0 Å². The van der Waals surface area contributed by atoms with E-state index in [2.05, 4.69) is 25.6 Å². The van der Waals surface area contributed by atoms with Crippen LogP contribution in [0.1, 0.15) is 28.2 Å². The largest absolute Gasteiger partial charge is 0.417 e. The highest BCUT2D eigenvalue weighted by atomic mass is 19.4. The molecule has 0 aliphatic heterocycles. The molecule has 3 aromatic heterocycles. The minimum absolute atomic E-state index is 0.104. The van der Waals surface area contributed by atoms with Crippen LogP contribution in [0.5, 0.6) is 0 Å². The van der Waals surface area contributed by atoms with E-state index < -0.39 is 11.7 Å². The molecule has 0 aliphatic carbocycles. The lowest BCUT2D eigenvalue weighted by molar-refractivity contribution is -0.137. The first kappa shape index (κ1) is 18.6. The summed E-state index contributed by atoms with van der Waals surface area (Å²) in [6, 6.07) is 3.96. The van der Waals surface area contributed by atoms with E-state index in [1.807, 2.05) is 0 Å². The zero-order valence-electron chi connectivity index (χ0n) is 14.6. The molecule has 2 N–H and O–H groups in total. The molecular formula is C17H17F3N6O. The van der Waals surface area contributed by atoms with Crippen molar-refractivity contribution in [3.05, 3.63) is 58.8 Å². The lowest BCUT2D eigenvalue weighted by atomic mass is 10.1. The lowest BCUT2D eigenvalue weighted by Crippen LogP contribution is -2.25. The van der Waals surface area contributed by atoms with Gasteiger partial charge in [-0.1, -0.05) is 0 Å². The summed E-state index contributed by atoms with van der Waals surface area (Å²) in [5, 5.41) is 13.6. The second kappa shape index (κ2) is 7.22. The molecule has 1 amide bonds. The predicted molar refractivity (Wildman–Crippen MR) is 90.0 cm³/mol. The van der Waals surface area contributed by atoms with Gasteiger partial charge < -0.3 is 5.32 Å². The molecule has 0 aromatic carbocycles. The van der Waals surface area contributed by atoms with Crippen molar-refractivity contribution in [2.75, 3.05) is 0 Å². The summed E-state index contributed by atoms with van der Waals surface area (Å²) >= 11 is 0. The van der Waals surface area contributed by atoms with Crippen LogP contribution in [0.2, 0.25) is 0 Å². The average Bonchev–Trinajstić information content (AvgIpc) is 3.23. The van der Waals surface area contributed by atoms with E-state index in [4.69, 9.17) is 0 Å². The quantitative estimate of drug-likeness (QED) is 0.714. The third-order valence-corrected chi connectivity index (χ3v) is 4.11. The highest BCUT2D eigenvalue weighted by molar-refractivity contribution is 5.79. The Morgan fingerprint density at radius 3 is 2.63 bits per heavy atom. The van der Waals surface area contributed by atoms with E-state index >= 15 is 0 Å². The van der Waals surface area contributed by atoms with Gasteiger partial charge in [-0.05, 0) is 32.0 Å². The number of aryl methyl sites for hydroxylation is 1. The summed E-state index contributed by atoms with van der Waals surface area (Å²) < 4.78 is 39.5. The maximum atomic E-state index is 12.7. The van der Waals surface area contributed by atoms with Gasteiger partial charge in [-0.25, -0.2) is 9.67 Å². The van der Waals surface area contributed by atoms with Crippen molar-refractivity contribution in [3.63, 3.8) is 0 Å². The van der Waals surface area contributed by atoms with Crippen molar-refractivity contribution in [2.45, 2.75) is 33.0 Å². The van der Waals surface area contributed by atoms with Gasteiger partial charge in [0.05, 0.1) is 29.9 Å². The second-order valence-corrected chi connectivity index (χ2v) is 6.00. The molecule has 3 heterocycles. The first-order valence-electron chi connectivity index (χ1n) is 8.09. The van der Waals surface area contributed by atoms with Crippen molar-refractivity contribution in [2.24, 2.45) is 0 Å². The van der Waals surface area contributed by atoms with Gasteiger partial charge in [0, 0.05) is 23.7 Å². The first-order chi connectivity index (χ1) is 12.8. The molecule has 0 atom stereocenters. The number of carbonyl (C=O) groups is 1. The number of halogens is 3. The smallest absolute Gasteiger partial charge is 0.350 e. The number of nitrogens with one attached hydrogen (secondary N) is 2. The van der Waals surface area contributed by atoms with Gasteiger partial charge in [0.25, 0.3) is 0 Å². The monoisotopic (exact) mass is 378 g/mol. The van der Waals surface area contributed by atoms with Crippen LogP contribution in [0.25, 0.3) is 5.82 Å². The molecule has 142 valence electrons. The minimum Gasteiger partial charge on any atom is -0.350 e. The Balaban J connectivity index is 1.75. The average molecular weight is 378 g/mol. The molecule has 3 rings (SSSR count). The maximum Gasteiger partial charge on any atom is 0.417 e. The van der Waals surface area contributed by atoms with Gasteiger partial charge in [-0.15, -0.1) is 0 Å². The number of aromatic amines is 1. The Morgan fingerprint density at radius 2 is 2.04 bits per heavy atom. The standard InChI is InChI=1S/C17H17F3N6O/c1-10-14(7-16(27)22-9-13-5-6-23-24-13)11(2)26(25-10)15-4-3-12(8-21-15)17(18,19)20/h3-6,8H,7,9H2,1-2H3,(H,22,27)(H,23,24). The number of hydrogen-bond acceptors (Lipinski definition) is 4. The fourth-order valence-electron chi connectivity index (χ4n) is 2.63. The molecule has 0 aliphatic rings. The summed E-state index contributed by atoms with van der Waals surface area (Å²) in [6.45, 7) is 3.81. The van der Waals surface area contributed by atoms with Crippen molar-refractivity contribution >= 4 is 5.91 Å². The Hall–Kier alpha value is -3.17. The van der Waals surface area contributed by atoms with Crippen LogP contribution in [-0.4, -0.2) is 30.9 Å². The minimum atomic E-state index is -4.45. The summed E-state index contributed by atoms with van der Waals surface area (Å²) in [4.78, 5) is 16.0. The molecule has 0 bridgehead atoms. The number of hydrogen-bond donors (Lipinski definition) is 2. The Bertz CT molecular complexity index is 929. The van der Waals surface area contributed by atoms with E-state index in [9.17, 15) is 18.0 Å². The Labute approximate surface area is 152 Å². The summed E-state index contributed by atoms with van der Waals surface area (Å²) in [6.07, 6.45) is -1.98. The van der Waals surface area contributed by atoms with Gasteiger partial charge in [0.15, 0.2) is 5.82 Å². The molecule has 7 nitrogen and oxygen atoms in total. The Kier molecular flexibility index (Phi) is 4.98. The van der Waals surface area contributed by atoms with Gasteiger partial charge in [-0.3, -0.25) is 9.89 Å². The highest BCUT2D eigenvalue weighted by Gasteiger charge is 2.30. The third kappa shape index (κ3) is 4.15. The highest BCUT2D eigenvalue weighted by Crippen LogP contribution is 2.29. The van der Waals surface area contributed by atoms with Gasteiger partial charge in [0.2, 0.25) is 5.91 Å². The summed E-state index contributed by atoms with van der Waals surface area (Å²) in [5.41, 5.74) is 1.92. The third-order valence-electron chi connectivity index (χ3n) is 4.11. The number of amides is 1. The van der Waals surface area contributed by atoms with Crippen LogP contribution in [0.3, 0.4) is 0 Å². The number of aromatic nitrogens is 5. The number of rotatable bonds is 5. The van der Waals surface area contributed by atoms with E-state index in [1.165, 1.54) is 10.7 Å². The number of nitrogens with zero attached hydrogens (tertiary/aromatic N) is 4. The van der Waals surface area contributed by atoms with E-state index in [1.54, 1.807) is 26.1 Å². The van der Waals surface area contributed by atoms with E-state index in [0.29, 0.717) is 23.5 Å². The molecule has 0 radical (unpaired) electrons. The molecule has 0 unspecified atom stereocenters. The molecule has 27 heavy (non-hydrogen) atoms. The van der Waals surface area contributed by atoms with Crippen LogP contribution in [-0.2, 0) is 23.9 Å². The number of alkyl halides is 3. The SMILES string of the molecule is Cc1nn(-c2ccc(C(F)(F)F)cn2)c(C)c1CC(=O)NCc1ccn[nH]1. The molecule has 0 spiro atoms. The molecule has 3 aromatic rings. The molecular weight excluding hydrogens is 361 g/mol. The van der Waals surface area contributed by atoms with E-state index in [-0.39, 0.29) is 18.1 Å². The summed E-state index contributed by atoms with van der Waals surface area (Å²) in [7, 11) is 0. The van der Waals surface area contributed by atoms with Crippen LogP contribution in [0.15, 0.2) is 30.6 Å². The van der Waals surface area contributed by atoms with Crippen molar-refractivity contribution in [1.82, 2.24) is 30.3 Å². The van der Waals surface area contributed by atoms with Gasteiger partial charge in [0.1, 0.15) is 0 Å². The second-order valence-electron chi connectivity index (χ2n) is 6.00. The molecule has 0 fully saturated rings. The van der Waals surface area contributed by atoms with Crippen LogP contribution in [0.4, 0.5) is 13.2 Å². The summed E-state index contributed by atoms with van der Waals surface area (Å²) in [5.74, 6) is 0.0587. The number of carbonyl (C=O) groups excluding carboxylic acids is 1. The lowest BCUT2D eigenvalue weighted by Gasteiger charge is -2.08. The zero-order valence-corrected chi connectivity index (χ0v) is 14.6. The normalized spacial score (nSPS) is 11.6. The first-order valence-corrected chi connectivity index (χ1v) is 8.09. The molecule has 0 saturated heterocycles. The number of pyridine rings is 1. The maximum absolute atomic E-state index is 12.7. The van der Waals surface area contributed by atoms with Gasteiger partial charge in [-0.2, -0.15) is 23.4 Å². The van der Waals surface area contributed by atoms with E-state index in [0.717, 1.165) is 18.0 Å². The topological polar surface area (TPSA) is 88.5 Å². The fraction of sp³-hybridized carbons (Fsp3) is 0.294. The molecule has 0 saturated carbocycles. The fourth-order valence-corrected chi connectivity index (χ4v) is 2.63. The van der Waals surface area contributed by atoms with Crippen molar-refractivity contribution in [3.8, 4) is 5.82 Å².